The summed E-state index contributed by atoms with van der Waals surface area (Å²) in [5.74, 6) is 3.07. The number of anilines is 1. The highest BCUT2D eigenvalue weighted by Crippen LogP contribution is 2.27. The number of rotatable bonds is 5. The van der Waals surface area contributed by atoms with Crippen molar-refractivity contribution in [2.24, 2.45) is 0 Å². The quantitative estimate of drug-likeness (QED) is 0.795. The molecule has 2 rings (SSSR count). The van der Waals surface area contributed by atoms with Gasteiger partial charge in [-0.1, -0.05) is 18.1 Å². The zero-order valence-corrected chi connectivity index (χ0v) is 12.5. The van der Waals surface area contributed by atoms with Crippen LogP contribution in [-0.4, -0.2) is 43.8 Å². The van der Waals surface area contributed by atoms with Crippen LogP contribution >= 0.6 is 0 Å². The number of benzene rings is 1. The van der Waals surface area contributed by atoms with Gasteiger partial charge in [-0.25, -0.2) is 8.42 Å². The molecule has 1 aromatic rings. The fourth-order valence-electron chi connectivity index (χ4n) is 2.21. The highest BCUT2D eigenvalue weighted by Gasteiger charge is 2.35. The maximum Gasteiger partial charge on any atom is 0.150 e. The van der Waals surface area contributed by atoms with Crippen LogP contribution in [0.4, 0.5) is 5.69 Å². The third-order valence-corrected chi connectivity index (χ3v) is 5.22. The highest BCUT2D eigenvalue weighted by molar-refractivity contribution is 7.91. The van der Waals surface area contributed by atoms with Crippen LogP contribution in [0.1, 0.15) is 12.8 Å². The average Bonchev–Trinajstić information content (AvgIpc) is 2.48. The Kier molecular flexibility index (Phi) is 4.76. The first kappa shape index (κ1) is 15.7. The first-order valence-electron chi connectivity index (χ1n) is 6.76. The molecule has 0 spiro atoms. The predicted molar refractivity (Wildman–Crippen MR) is 82.1 cm³/mol. The summed E-state index contributed by atoms with van der Waals surface area (Å²) < 4.78 is 28.2. The molecule has 6 heteroatoms. The summed E-state index contributed by atoms with van der Waals surface area (Å²) in [6.07, 6.45) is 5.66. The fraction of sp³-hybridized carbons (Fsp3) is 0.467. The van der Waals surface area contributed by atoms with E-state index >= 15 is 0 Å². The molecule has 5 nitrogen and oxygen atoms in total. The van der Waals surface area contributed by atoms with E-state index < -0.39 is 15.4 Å². The number of hydrogen-bond donors (Lipinski definition) is 2. The Balaban J connectivity index is 1.98. The SMILES string of the molecule is C#CCOc1ccccc1NCC1(O)CCS(=O)(=O)CC1. The normalized spacial score (nSPS) is 19.4. The molecule has 0 atom stereocenters. The van der Waals surface area contributed by atoms with Gasteiger partial charge in [0.25, 0.3) is 0 Å². The van der Waals surface area contributed by atoms with Crippen LogP contribution in [0.5, 0.6) is 5.75 Å². The van der Waals surface area contributed by atoms with E-state index in [1.165, 1.54) is 0 Å². The monoisotopic (exact) mass is 309 g/mol. The van der Waals surface area contributed by atoms with E-state index in [-0.39, 0.29) is 37.5 Å². The van der Waals surface area contributed by atoms with Crippen molar-refractivity contribution in [1.29, 1.82) is 0 Å². The summed E-state index contributed by atoms with van der Waals surface area (Å²) >= 11 is 0. The van der Waals surface area contributed by atoms with E-state index in [4.69, 9.17) is 11.2 Å². The van der Waals surface area contributed by atoms with Crippen molar-refractivity contribution >= 4 is 15.5 Å². The Labute approximate surface area is 125 Å². The lowest BCUT2D eigenvalue weighted by molar-refractivity contribution is 0.0436. The molecule has 1 aromatic carbocycles. The Morgan fingerprint density at radius 2 is 2.00 bits per heavy atom. The Morgan fingerprint density at radius 3 is 2.67 bits per heavy atom. The summed E-state index contributed by atoms with van der Waals surface area (Å²) in [6.45, 7) is 0.445. The van der Waals surface area contributed by atoms with Gasteiger partial charge in [-0.3, -0.25) is 0 Å². The predicted octanol–water partition coefficient (Wildman–Crippen LogP) is 1.05. The molecule has 1 aliphatic heterocycles. The summed E-state index contributed by atoms with van der Waals surface area (Å²) in [5, 5.41) is 13.6. The lowest BCUT2D eigenvalue weighted by Crippen LogP contribution is -2.44. The van der Waals surface area contributed by atoms with Crippen LogP contribution in [0.2, 0.25) is 0 Å². The number of sulfone groups is 1. The molecule has 1 heterocycles. The van der Waals surface area contributed by atoms with Gasteiger partial charge in [0.2, 0.25) is 0 Å². The van der Waals surface area contributed by atoms with Crippen LogP contribution in [-0.2, 0) is 9.84 Å². The molecule has 0 radical (unpaired) electrons. The van der Waals surface area contributed by atoms with Crippen LogP contribution in [0.15, 0.2) is 24.3 Å². The van der Waals surface area contributed by atoms with Crippen molar-refractivity contribution in [1.82, 2.24) is 0 Å². The molecule has 1 fully saturated rings. The maximum absolute atomic E-state index is 11.4. The second-order valence-electron chi connectivity index (χ2n) is 5.22. The zero-order chi connectivity index (χ0) is 15.3. The molecule has 2 N–H and O–H groups in total. The summed E-state index contributed by atoms with van der Waals surface area (Å²) in [5.41, 5.74) is -0.278. The standard InChI is InChI=1S/C15H19NO4S/c1-2-9-20-14-6-4-3-5-13(14)16-12-15(17)7-10-21(18,19)11-8-15/h1,3-6,16-17H,7-12H2. The minimum absolute atomic E-state index is 0.0282. The number of terminal acetylenes is 1. The van der Waals surface area contributed by atoms with E-state index in [9.17, 15) is 13.5 Å². The Bertz CT molecular complexity index is 619. The smallest absolute Gasteiger partial charge is 0.150 e. The van der Waals surface area contributed by atoms with Crippen LogP contribution in [0, 0.1) is 12.3 Å². The minimum Gasteiger partial charge on any atom is -0.479 e. The molecule has 0 saturated carbocycles. The number of nitrogens with one attached hydrogen (secondary N) is 1. The molecular formula is C15H19NO4S. The molecule has 0 unspecified atom stereocenters. The largest absolute Gasteiger partial charge is 0.479 e. The van der Waals surface area contributed by atoms with Gasteiger partial charge < -0.3 is 15.2 Å². The van der Waals surface area contributed by atoms with Crippen LogP contribution < -0.4 is 10.1 Å². The molecule has 0 aromatic heterocycles. The van der Waals surface area contributed by atoms with Crippen LogP contribution in [0.3, 0.4) is 0 Å². The molecule has 0 aliphatic carbocycles. The molecule has 114 valence electrons. The molecule has 21 heavy (non-hydrogen) atoms. The van der Waals surface area contributed by atoms with E-state index in [0.29, 0.717) is 5.75 Å². The fourth-order valence-corrected chi connectivity index (χ4v) is 3.80. The van der Waals surface area contributed by atoms with Crippen molar-refractivity contribution < 1.29 is 18.3 Å². The topological polar surface area (TPSA) is 75.6 Å². The average molecular weight is 309 g/mol. The minimum atomic E-state index is -2.99. The van der Waals surface area contributed by atoms with Crippen molar-refractivity contribution in [3.8, 4) is 18.1 Å². The van der Waals surface area contributed by atoms with Gasteiger partial charge in [0, 0.05) is 6.54 Å². The molecular weight excluding hydrogens is 290 g/mol. The van der Waals surface area contributed by atoms with Crippen molar-refractivity contribution in [3.05, 3.63) is 24.3 Å². The van der Waals surface area contributed by atoms with Crippen molar-refractivity contribution in [3.63, 3.8) is 0 Å². The first-order chi connectivity index (χ1) is 9.94. The maximum atomic E-state index is 11.4. The number of hydrogen-bond acceptors (Lipinski definition) is 5. The van der Waals surface area contributed by atoms with Gasteiger partial charge in [-0.15, -0.1) is 6.42 Å². The lowest BCUT2D eigenvalue weighted by Gasteiger charge is -2.32. The van der Waals surface area contributed by atoms with Gasteiger partial charge in [-0.2, -0.15) is 0 Å². The van der Waals surface area contributed by atoms with E-state index in [1.54, 1.807) is 6.07 Å². The number of para-hydroxylation sites is 2. The van der Waals surface area contributed by atoms with E-state index in [2.05, 4.69) is 11.2 Å². The highest BCUT2D eigenvalue weighted by atomic mass is 32.2. The van der Waals surface area contributed by atoms with E-state index in [0.717, 1.165) is 5.69 Å². The van der Waals surface area contributed by atoms with Gasteiger partial charge in [-0.05, 0) is 25.0 Å². The molecule has 0 bridgehead atoms. The molecule has 0 amide bonds. The van der Waals surface area contributed by atoms with Crippen LogP contribution in [0.25, 0.3) is 0 Å². The van der Waals surface area contributed by atoms with Crippen molar-refractivity contribution in [2.45, 2.75) is 18.4 Å². The number of aliphatic hydroxyl groups is 1. The second-order valence-corrected chi connectivity index (χ2v) is 7.52. The number of ether oxygens (including phenoxy) is 1. The van der Waals surface area contributed by atoms with Crippen molar-refractivity contribution in [2.75, 3.05) is 30.0 Å². The second kappa shape index (κ2) is 6.37. The van der Waals surface area contributed by atoms with Gasteiger partial charge in [0.05, 0.1) is 22.8 Å². The molecule has 1 saturated heterocycles. The Morgan fingerprint density at radius 1 is 1.33 bits per heavy atom. The van der Waals surface area contributed by atoms with Gasteiger partial charge >= 0.3 is 0 Å². The third-order valence-electron chi connectivity index (χ3n) is 3.56. The third kappa shape index (κ3) is 4.38. The lowest BCUT2D eigenvalue weighted by atomic mass is 9.97. The van der Waals surface area contributed by atoms with E-state index in [1.807, 2.05) is 18.2 Å². The van der Waals surface area contributed by atoms with Gasteiger partial charge in [0.1, 0.15) is 12.4 Å². The van der Waals surface area contributed by atoms with Gasteiger partial charge in [0.15, 0.2) is 9.84 Å². The Hall–Kier alpha value is -1.71. The first-order valence-corrected chi connectivity index (χ1v) is 8.58. The summed E-state index contributed by atoms with van der Waals surface area (Å²) in [7, 11) is -2.99. The zero-order valence-electron chi connectivity index (χ0n) is 11.7. The molecule has 1 aliphatic rings. The summed E-state index contributed by atoms with van der Waals surface area (Å²) in [6, 6.07) is 7.29. The summed E-state index contributed by atoms with van der Waals surface area (Å²) in [4.78, 5) is 0.